The number of rotatable bonds is 2. The summed E-state index contributed by atoms with van der Waals surface area (Å²) in [6.07, 6.45) is -0.277. The average molecular weight is 285 g/mol. The molecule has 0 N–H and O–H groups in total. The minimum Gasteiger partial charge on any atom is -0.465 e. The molecule has 1 rings (SSSR count). The minimum absolute atomic E-state index is 0.121. The topological polar surface area (TPSA) is 72.9 Å². The second kappa shape index (κ2) is 5.81. The van der Waals surface area contributed by atoms with E-state index in [0.29, 0.717) is 6.54 Å². The zero-order valence-electron chi connectivity index (χ0n) is 12.8. The fourth-order valence-electron chi connectivity index (χ4n) is 1.91. The fraction of sp³-hybridized carbons (Fsp3) is 0.786. The first-order valence-corrected chi connectivity index (χ1v) is 6.78. The number of nitrogens with zero attached hydrogens (tertiary/aromatic N) is 1. The van der Waals surface area contributed by atoms with Crippen molar-refractivity contribution in [2.75, 3.05) is 19.7 Å². The molecule has 0 aliphatic carbocycles. The molecule has 0 saturated carbocycles. The van der Waals surface area contributed by atoms with Gasteiger partial charge in [0, 0.05) is 6.54 Å². The lowest BCUT2D eigenvalue weighted by atomic mass is 9.79. The van der Waals surface area contributed by atoms with Crippen LogP contribution in [0.15, 0.2) is 0 Å². The van der Waals surface area contributed by atoms with E-state index in [9.17, 15) is 14.4 Å². The van der Waals surface area contributed by atoms with Crippen LogP contribution in [0.25, 0.3) is 0 Å². The predicted molar refractivity (Wildman–Crippen MR) is 72.2 cm³/mol. The maximum Gasteiger partial charge on any atom is 0.410 e. The molecule has 114 valence electrons. The summed E-state index contributed by atoms with van der Waals surface area (Å²) in [4.78, 5) is 37.2. The van der Waals surface area contributed by atoms with Crippen LogP contribution in [0.3, 0.4) is 0 Å². The van der Waals surface area contributed by atoms with E-state index >= 15 is 0 Å². The van der Waals surface area contributed by atoms with Crippen LogP contribution in [0, 0.1) is 5.41 Å². The molecule has 6 heteroatoms. The van der Waals surface area contributed by atoms with Crippen LogP contribution in [-0.2, 0) is 19.1 Å². The van der Waals surface area contributed by atoms with Gasteiger partial charge < -0.3 is 14.4 Å². The number of amides is 1. The van der Waals surface area contributed by atoms with Gasteiger partial charge in [-0.3, -0.25) is 9.59 Å². The highest BCUT2D eigenvalue weighted by molar-refractivity contribution is 6.05. The highest BCUT2D eigenvalue weighted by Gasteiger charge is 2.47. The molecule has 0 aromatic carbocycles. The van der Waals surface area contributed by atoms with Gasteiger partial charge in [-0.1, -0.05) is 0 Å². The Bertz CT molecular complexity index is 412. The van der Waals surface area contributed by atoms with Crippen molar-refractivity contribution in [1.29, 1.82) is 0 Å². The van der Waals surface area contributed by atoms with Crippen molar-refractivity contribution in [3.05, 3.63) is 0 Å². The first kappa shape index (κ1) is 16.5. The minimum atomic E-state index is -1.16. The normalized spacial score (nSPS) is 23.4. The number of Topliss-reactive ketones (excluding diaryl/α,β-unsaturated/α-hetero) is 1. The van der Waals surface area contributed by atoms with E-state index in [1.807, 2.05) is 0 Å². The molecule has 0 bridgehead atoms. The molecule has 0 aromatic heterocycles. The number of carbonyl (C=O) groups excluding carboxylic acids is 3. The van der Waals surface area contributed by atoms with Crippen LogP contribution >= 0.6 is 0 Å². The third-order valence-corrected chi connectivity index (χ3v) is 3.21. The summed E-state index contributed by atoms with van der Waals surface area (Å²) in [6, 6.07) is 0. The molecule has 1 fully saturated rings. The Kier molecular flexibility index (Phi) is 4.78. The highest BCUT2D eigenvalue weighted by atomic mass is 16.6. The van der Waals surface area contributed by atoms with Crippen LogP contribution in [0.1, 0.15) is 41.0 Å². The van der Waals surface area contributed by atoms with E-state index in [2.05, 4.69) is 0 Å². The standard InChI is InChI=1S/C14H23NO5/c1-6-19-11(17)14(5)7-8-15(9-10(14)16)12(18)20-13(2,3)4/h6-9H2,1-5H3/t14-/m1/s1. The average Bonchev–Trinajstić information content (AvgIpc) is 2.30. The smallest absolute Gasteiger partial charge is 0.410 e. The maximum absolute atomic E-state index is 12.2. The van der Waals surface area contributed by atoms with Crippen molar-refractivity contribution in [2.24, 2.45) is 5.41 Å². The molecule has 1 saturated heterocycles. The molecule has 0 spiro atoms. The molecular weight excluding hydrogens is 262 g/mol. The molecule has 20 heavy (non-hydrogen) atoms. The van der Waals surface area contributed by atoms with Crippen LogP contribution in [0.4, 0.5) is 4.79 Å². The second-order valence-electron chi connectivity index (χ2n) is 6.13. The van der Waals surface area contributed by atoms with E-state index < -0.39 is 23.1 Å². The number of ketones is 1. The Labute approximate surface area is 119 Å². The Morgan fingerprint density at radius 1 is 1.35 bits per heavy atom. The maximum atomic E-state index is 12.2. The number of hydrogen-bond acceptors (Lipinski definition) is 5. The molecule has 0 radical (unpaired) electrons. The van der Waals surface area contributed by atoms with E-state index in [0.717, 1.165) is 0 Å². The van der Waals surface area contributed by atoms with Crippen molar-refractivity contribution < 1.29 is 23.9 Å². The molecule has 0 unspecified atom stereocenters. The zero-order valence-corrected chi connectivity index (χ0v) is 12.8. The van der Waals surface area contributed by atoms with Crippen LogP contribution in [-0.4, -0.2) is 48.0 Å². The molecular formula is C14H23NO5. The first-order valence-electron chi connectivity index (χ1n) is 6.78. The summed E-state index contributed by atoms with van der Waals surface area (Å²) in [5, 5.41) is 0. The van der Waals surface area contributed by atoms with Crippen molar-refractivity contribution in [3.63, 3.8) is 0 Å². The van der Waals surface area contributed by atoms with Gasteiger partial charge in [0.2, 0.25) is 0 Å². The van der Waals surface area contributed by atoms with Gasteiger partial charge in [-0.15, -0.1) is 0 Å². The summed E-state index contributed by atoms with van der Waals surface area (Å²) >= 11 is 0. The lowest BCUT2D eigenvalue weighted by molar-refractivity contribution is -0.162. The monoisotopic (exact) mass is 285 g/mol. The van der Waals surface area contributed by atoms with Gasteiger partial charge in [0.1, 0.15) is 11.0 Å². The second-order valence-corrected chi connectivity index (χ2v) is 6.13. The lowest BCUT2D eigenvalue weighted by Gasteiger charge is -2.36. The van der Waals surface area contributed by atoms with Crippen molar-refractivity contribution in [1.82, 2.24) is 4.90 Å². The van der Waals surface area contributed by atoms with E-state index in [1.165, 1.54) is 4.90 Å². The Morgan fingerprint density at radius 2 is 1.95 bits per heavy atom. The summed E-state index contributed by atoms with van der Waals surface area (Å²) in [5.74, 6) is -0.832. The van der Waals surface area contributed by atoms with E-state index in [4.69, 9.17) is 9.47 Å². The number of esters is 1. The van der Waals surface area contributed by atoms with Gasteiger partial charge in [0.05, 0.1) is 13.2 Å². The number of piperidine rings is 1. The number of carbonyl (C=O) groups is 3. The summed E-state index contributed by atoms with van der Waals surface area (Å²) < 4.78 is 10.2. The Hall–Kier alpha value is -1.59. The quantitative estimate of drug-likeness (QED) is 0.571. The highest BCUT2D eigenvalue weighted by Crippen LogP contribution is 2.30. The predicted octanol–water partition coefficient (Wildman–Crippen LogP) is 1.77. The summed E-state index contributed by atoms with van der Waals surface area (Å²) in [5.41, 5.74) is -1.77. The molecule has 0 aromatic rings. The van der Waals surface area contributed by atoms with Crippen LogP contribution in [0.2, 0.25) is 0 Å². The summed E-state index contributed by atoms with van der Waals surface area (Å²) in [6.45, 7) is 8.97. The van der Waals surface area contributed by atoms with Crippen molar-refractivity contribution in [3.8, 4) is 0 Å². The van der Waals surface area contributed by atoms with Crippen molar-refractivity contribution in [2.45, 2.75) is 46.6 Å². The number of ether oxygens (including phenoxy) is 2. The van der Waals surface area contributed by atoms with Crippen LogP contribution < -0.4 is 0 Å². The first-order chi connectivity index (χ1) is 9.10. The largest absolute Gasteiger partial charge is 0.465 e. The van der Waals surface area contributed by atoms with Gasteiger partial charge in [0.15, 0.2) is 5.78 Å². The SMILES string of the molecule is CCOC(=O)[C@]1(C)CCN(C(=O)OC(C)(C)C)CC1=O. The Morgan fingerprint density at radius 3 is 2.40 bits per heavy atom. The molecule has 6 nitrogen and oxygen atoms in total. The van der Waals surface area contributed by atoms with Crippen LogP contribution in [0.5, 0.6) is 0 Å². The molecule has 1 aliphatic heterocycles. The molecule has 1 aliphatic rings. The van der Waals surface area contributed by atoms with Gasteiger partial charge in [-0.2, -0.15) is 0 Å². The van der Waals surface area contributed by atoms with E-state index in [1.54, 1.807) is 34.6 Å². The molecule has 1 atom stereocenters. The zero-order chi connectivity index (χ0) is 15.6. The van der Waals surface area contributed by atoms with Crippen molar-refractivity contribution >= 4 is 17.8 Å². The van der Waals surface area contributed by atoms with Gasteiger partial charge >= 0.3 is 12.1 Å². The summed E-state index contributed by atoms with van der Waals surface area (Å²) in [7, 11) is 0. The lowest BCUT2D eigenvalue weighted by Crippen LogP contribution is -2.53. The van der Waals surface area contributed by atoms with Gasteiger partial charge in [0.25, 0.3) is 0 Å². The molecule has 1 heterocycles. The van der Waals surface area contributed by atoms with E-state index in [-0.39, 0.29) is 25.4 Å². The van der Waals surface area contributed by atoms with Gasteiger partial charge in [-0.25, -0.2) is 4.79 Å². The third kappa shape index (κ3) is 3.71. The fourth-order valence-corrected chi connectivity index (χ4v) is 1.91. The third-order valence-electron chi connectivity index (χ3n) is 3.21. The number of likely N-dealkylation sites (tertiary alicyclic amines) is 1. The number of hydrogen-bond donors (Lipinski definition) is 0. The van der Waals surface area contributed by atoms with Gasteiger partial charge in [-0.05, 0) is 41.0 Å². The Balaban J connectivity index is 2.70. The molecule has 1 amide bonds.